The molecule has 1 fully saturated rings. The van der Waals surface area contributed by atoms with E-state index < -0.39 is 10.0 Å². The predicted molar refractivity (Wildman–Crippen MR) is 108 cm³/mol. The maximum atomic E-state index is 12.8. The molecular formula is C18H30ClN3O4S. The molecule has 0 spiro atoms. The summed E-state index contributed by atoms with van der Waals surface area (Å²) in [5.74, 6) is 0.461. The Morgan fingerprint density at radius 1 is 1.26 bits per heavy atom. The minimum absolute atomic E-state index is 0. The Labute approximate surface area is 168 Å². The van der Waals surface area contributed by atoms with Crippen molar-refractivity contribution in [2.75, 3.05) is 20.2 Å². The molecule has 1 amide bonds. The van der Waals surface area contributed by atoms with E-state index in [1.165, 1.54) is 19.2 Å². The second-order valence-electron chi connectivity index (χ2n) is 7.13. The number of carbonyl (C=O) groups is 1. The second-order valence-corrected chi connectivity index (χ2v) is 8.81. The van der Waals surface area contributed by atoms with Gasteiger partial charge in [0.1, 0.15) is 10.6 Å². The number of halogens is 1. The number of nitrogens with one attached hydrogen (secondary N) is 1. The highest BCUT2D eigenvalue weighted by molar-refractivity contribution is 7.89. The van der Waals surface area contributed by atoms with Gasteiger partial charge in [-0.2, -0.15) is 0 Å². The first-order valence-corrected chi connectivity index (χ1v) is 10.4. The quantitative estimate of drug-likeness (QED) is 0.734. The molecular weight excluding hydrogens is 390 g/mol. The number of sulfonamides is 1. The largest absolute Gasteiger partial charge is 0.495 e. The van der Waals surface area contributed by atoms with Gasteiger partial charge in [0.25, 0.3) is 5.91 Å². The molecule has 1 aliphatic rings. The number of ether oxygens (including phenoxy) is 1. The third-order valence-corrected chi connectivity index (χ3v) is 6.34. The topological polar surface area (TPSA) is 102 Å². The molecule has 154 valence electrons. The molecule has 1 atom stereocenters. The van der Waals surface area contributed by atoms with E-state index in [2.05, 4.69) is 4.72 Å². The van der Waals surface area contributed by atoms with Crippen LogP contribution in [0.3, 0.4) is 0 Å². The first-order valence-electron chi connectivity index (χ1n) is 8.91. The van der Waals surface area contributed by atoms with Crippen LogP contribution in [0, 0.1) is 5.92 Å². The van der Waals surface area contributed by atoms with E-state index in [-0.39, 0.29) is 41.0 Å². The maximum absolute atomic E-state index is 12.8. The highest BCUT2D eigenvalue weighted by Crippen LogP contribution is 2.27. The van der Waals surface area contributed by atoms with Gasteiger partial charge in [-0.25, -0.2) is 13.1 Å². The Morgan fingerprint density at radius 2 is 1.85 bits per heavy atom. The Hall–Kier alpha value is -1.35. The number of nitrogens with zero attached hydrogens (tertiary/aromatic N) is 1. The van der Waals surface area contributed by atoms with Crippen LogP contribution in [0.15, 0.2) is 23.1 Å². The molecule has 1 heterocycles. The van der Waals surface area contributed by atoms with E-state index in [1.54, 1.807) is 24.8 Å². The summed E-state index contributed by atoms with van der Waals surface area (Å²) in [5.41, 5.74) is 6.29. The van der Waals surface area contributed by atoms with Gasteiger partial charge in [-0.3, -0.25) is 4.79 Å². The monoisotopic (exact) mass is 419 g/mol. The Balaban J connectivity index is 0.00000364. The summed E-state index contributed by atoms with van der Waals surface area (Å²) in [6.07, 6.45) is 1.72. The Bertz CT molecular complexity index is 745. The number of likely N-dealkylation sites (tertiary alicyclic amines) is 1. The zero-order chi connectivity index (χ0) is 19.5. The number of hydrogen-bond acceptors (Lipinski definition) is 5. The van der Waals surface area contributed by atoms with E-state index in [4.69, 9.17) is 10.5 Å². The van der Waals surface area contributed by atoms with Crippen molar-refractivity contribution in [1.29, 1.82) is 0 Å². The second kappa shape index (κ2) is 9.73. The van der Waals surface area contributed by atoms with Crippen LogP contribution in [0.1, 0.15) is 44.0 Å². The number of methoxy groups -OCH3 is 1. The van der Waals surface area contributed by atoms with Crippen molar-refractivity contribution in [3.05, 3.63) is 23.8 Å². The van der Waals surface area contributed by atoms with Crippen LogP contribution in [0.5, 0.6) is 5.75 Å². The summed E-state index contributed by atoms with van der Waals surface area (Å²) in [5, 5.41) is 0. The van der Waals surface area contributed by atoms with Crippen LogP contribution in [0.4, 0.5) is 0 Å². The Morgan fingerprint density at radius 3 is 2.33 bits per heavy atom. The first kappa shape index (κ1) is 23.7. The lowest BCUT2D eigenvalue weighted by molar-refractivity contribution is 0.0680. The van der Waals surface area contributed by atoms with Gasteiger partial charge in [-0.15, -0.1) is 12.4 Å². The standard InChI is InChI=1S/C18H29N3O4S.ClH/c1-12(2)20-26(23,24)17-11-15(5-6-16(17)25-4)18(22)21-9-7-14(8-10-21)13(3)19;/h5-6,11-14,20H,7-10,19H2,1-4H3;1H. The lowest BCUT2D eigenvalue weighted by Crippen LogP contribution is -2.42. The fourth-order valence-corrected chi connectivity index (χ4v) is 4.65. The van der Waals surface area contributed by atoms with Gasteiger partial charge in [0.2, 0.25) is 10.0 Å². The number of benzene rings is 1. The Kier molecular flexibility index (Phi) is 8.53. The average molecular weight is 420 g/mol. The molecule has 3 N–H and O–H groups in total. The molecule has 0 radical (unpaired) electrons. The molecule has 9 heteroatoms. The molecule has 1 saturated heterocycles. The predicted octanol–water partition coefficient (Wildman–Crippen LogP) is 2.00. The van der Waals surface area contributed by atoms with Gasteiger partial charge < -0.3 is 15.4 Å². The fraction of sp³-hybridized carbons (Fsp3) is 0.611. The highest BCUT2D eigenvalue weighted by atomic mass is 35.5. The van der Waals surface area contributed by atoms with Crippen LogP contribution in [-0.4, -0.2) is 51.5 Å². The smallest absolute Gasteiger partial charge is 0.253 e. The van der Waals surface area contributed by atoms with Crippen LogP contribution in [-0.2, 0) is 10.0 Å². The van der Waals surface area contributed by atoms with Gasteiger partial charge in [-0.1, -0.05) is 0 Å². The van der Waals surface area contributed by atoms with Crippen molar-refractivity contribution in [3.8, 4) is 5.75 Å². The number of rotatable bonds is 6. The van der Waals surface area contributed by atoms with Gasteiger partial charge in [-0.05, 0) is 57.7 Å². The van der Waals surface area contributed by atoms with Gasteiger partial charge in [0.15, 0.2) is 0 Å². The van der Waals surface area contributed by atoms with Crippen molar-refractivity contribution in [3.63, 3.8) is 0 Å². The normalized spacial score (nSPS) is 16.7. The molecule has 1 unspecified atom stereocenters. The zero-order valence-electron chi connectivity index (χ0n) is 16.3. The summed E-state index contributed by atoms with van der Waals surface area (Å²) >= 11 is 0. The number of piperidine rings is 1. The lowest BCUT2D eigenvalue weighted by atomic mass is 9.90. The van der Waals surface area contributed by atoms with Crippen LogP contribution < -0.4 is 15.2 Å². The summed E-state index contributed by atoms with van der Waals surface area (Å²) in [7, 11) is -2.36. The average Bonchev–Trinajstić information content (AvgIpc) is 2.59. The van der Waals surface area contributed by atoms with Crippen LogP contribution in [0.25, 0.3) is 0 Å². The van der Waals surface area contributed by atoms with E-state index >= 15 is 0 Å². The minimum Gasteiger partial charge on any atom is -0.495 e. The fourth-order valence-electron chi connectivity index (χ4n) is 3.20. The first-order chi connectivity index (χ1) is 12.2. The SMILES string of the molecule is COc1ccc(C(=O)N2CCC(C(C)N)CC2)cc1S(=O)(=O)NC(C)C.Cl. The summed E-state index contributed by atoms with van der Waals surface area (Å²) in [6, 6.07) is 4.38. The third-order valence-electron chi connectivity index (χ3n) is 4.66. The molecule has 2 rings (SSSR count). The van der Waals surface area contributed by atoms with Crippen LogP contribution in [0.2, 0.25) is 0 Å². The third kappa shape index (κ3) is 5.81. The zero-order valence-corrected chi connectivity index (χ0v) is 17.9. The van der Waals surface area contributed by atoms with E-state index in [9.17, 15) is 13.2 Å². The van der Waals surface area contributed by atoms with Crippen molar-refractivity contribution in [2.24, 2.45) is 11.7 Å². The number of carbonyl (C=O) groups excluding carboxylic acids is 1. The molecule has 0 aliphatic carbocycles. The highest BCUT2D eigenvalue weighted by Gasteiger charge is 2.27. The summed E-state index contributed by atoms with van der Waals surface area (Å²) < 4.78 is 32.8. The molecule has 0 saturated carbocycles. The number of nitrogens with two attached hydrogens (primary N) is 1. The molecule has 7 nitrogen and oxygen atoms in total. The molecule has 0 bridgehead atoms. The molecule has 27 heavy (non-hydrogen) atoms. The molecule has 0 aromatic heterocycles. The van der Waals surface area contributed by atoms with Gasteiger partial charge in [0.05, 0.1) is 7.11 Å². The molecule has 1 aromatic carbocycles. The molecule has 1 aromatic rings. The summed E-state index contributed by atoms with van der Waals surface area (Å²) in [4.78, 5) is 14.5. The lowest BCUT2D eigenvalue weighted by Gasteiger charge is -2.33. The number of hydrogen-bond donors (Lipinski definition) is 2. The van der Waals surface area contributed by atoms with Gasteiger partial charge in [0, 0.05) is 30.7 Å². The summed E-state index contributed by atoms with van der Waals surface area (Å²) in [6.45, 7) is 6.72. The van der Waals surface area contributed by atoms with E-state index in [0.29, 0.717) is 24.6 Å². The van der Waals surface area contributed by atoms with E-state index in [1.807, 2.05) is 6.92 Å². The molecule has 1 aliphatic heterocycles. The van der Waals surface area contributed by atoms with E-state index in [0.717, 1.165) is 12.8 Å². The maximum Gasteiger partial charge on any atom is 0.253 e. The number of amides is 1. The van der Waals surface area contributed by atoms with Crippen molar-refractivity contribution in [1.82, 2.24) is 9.62 Å². The van der Waals surface area contributed by atoms with Crippen molar-refractivity contribution < 1.29 is 17.9 Å². The minimum atomic E-state index is -3.77. The van der Waals surface area contributed by atoms with Gasteiger partial charge >= 0.3 is 0 Å². The van der Waals surface area contributed by atoms with Crippen molar-refractivity contribution >= 4 is 28.3 Å². The van der Waals surface area contributed by atoms with Crippen molar-refractivity contribution in [2.45, 2.75) is 50.6 Å². The van der Waals surface area contributed by atoms with Crippen LogP contribution >= 0.6 is 12.4 Å².